The first-order chi connectivity index (χ1) is 41.8. The van der Waals surface area contributed by atoms with E-state index in [1.165, 1.54) is 360 Å². The summed E-state index contributed by atoms with van der Waals surface area (Å²) in [5.41, 5.74) is 5.41. The number of carbonyl (C=O) groups excluding carboxylic acids is 2. The second-order valence-electron chi connectivity index (χ2n) is 26.2. The van der Waals surface area contributed by atoms with Crippen LogP contribution in [-0.2, 0) is 32.7 Å². The van der Waals surface area contributed by atoms with Crippen LogP contribution in [0.2, 0.25) is 0 Å². The van der Waals surface area contributed by atoms with Gasteiger partial charge in [0.25, 0.3) is 0 Å². The summed E-state index contributed by atoms with van der Waals surface area (Å²) in [4.78, 5) is 35.4. The van der Waals surface area contributed by atoms with Gasteiger partial charge in [-0.05, 0) is 38.5 Å². The molecule has 0 rings (SSSR count). The first-order valence-corrected chi connectivity index (χ1v) is 39.7. The third-order valence-electron chi connectivity index (χ3n) is 17.7. The summed E-state index contributed by atoms with van der Waals surface area (Å²) >= 11 is 0. The maximum absolute atomic E-state index is 12.8. The molecule has 0 aromatic heterocycles. The first-order valence-electron chi connectivity index (χ1n) is 38.2. The molecule has 85 heavy (non-hydrogen) atoms. The summed E-state index contributed by atoms with van der Waals surface area (Å²) in [6.45, 7) is 3.84. The molecule has 0 aromatic carbocycles. The van der Waals surface area contributed by atoms with Crippen molar-refractivity contribution in [3.05, 3.63) is 12.2 Å². The minimum atomic E-state index is -4.39. The molecule has 0 saturated carbocycles. The van der Waals surface area contributed by atoms with E-state index < -0.39 is 26.5 Å². The number of phosphoric ester groups is 1. The van der Waals surface area contributed by atoms with Gasteiger partial charge in [-0.15, -0.1) is 0 Å². The van der Waals surface area contributed by atoms with Crippen LogP contribution < -0.4 is 5.73 Å². The van der Waals surface area contributed by atoms with Crippen molar-refractivity contribution >= 4 is 19.8 Å². The Hall–Kier alpha value is -1.25. The Bertz CT molecular complexity index is 1400. The van der Waals surface area contributed by atoms with Crippen LogP contribution in [0.3, 0.4) is 0 Å². The molecular formula is C75H148NO8P. The fraction of sp³-hybridized carbons (Fsp3) is 0.947. The molecule has 0 aliphatic rings. The van der Waals surface area contributed by atoms with Crippen LogP contribution in [0.4, 0.5) is 0 Å². The van der Waals surface area contributed by atoms with Crippen molar-refractivity contribution in [2.24, 2.45) is 5.73 Å². The Balaban J connectivity index is 3.71. The molecule has 0 aliphatic carbocycles. The molecule has 0 amide bonds. The van der Waals surface area contributed by atoms with E-state index in [1.54, 1.807) is 0 Å². The second-order valence-corrected chi connectivity index (χ2v) is 27.7. The summed E-state index contributed by atoms with van der Waals surface area (Å²) < 4.78 is 33.2. The molecule has 2 atom stereocenters. The number of hydrogen-bond donors (Lipinski definition) is 2. The van der Waals surface area contributed by atoms with Crippen LogP contribution in [0.5, 0.6) is 0 Å². The average molecular weight is 1220 g/mol. The van der Waals surface area contributed by atoms with E-state index in [9.17, 15) is 19.0 Å². The molecule has 0 saturated heterocycles. The van der Waals surface area contributed by atoms with E-state index in [0.29, 0.717) is 6.42 Å². The van der Waals surface area contributed by atoms with Crippen LogP contribution in [0.25, 0.3) is 0 Å². The molecule has 0 aliphatic heterocycles. The van der Waals surface area contributed by atoms with E-state index in [-0.39, 0.29) is 38.6 Å². The van der Waals surface area contributed by atoms with Crippen LogP contribution in [0.1, 0.15) is 425 Å². The normalized spacial score (nSPS) is 12.8. The number of unbranched alkanes of at least 4 members (excludes halogenated alkanes) is 59. The lowest BCUT2D eigenvalue weighted by Crippen LogP contribution is -2.29. The number of carbonyl (C=O) groups is 2. The number of ether oxygens (including phenoxy) is 2. The maximum Gasteiger partial charge on any atom is 0.472 e. The number of rotatable bonds is 74. The Kier molecular flexibility index (Phi) is 70.8. The number of phosphoric acid groups is 1. The van der Waals surface area contributed by atoms with E-state index >= 15 is 0 Å². The zero-order chi connectivity index (χ0) is 61.6. The fourth-order valence-corrected chi connectivity index (χ4v) is 12.8. The minimum Gasteiger partial charge on any atom is -0.462 e. The lowest BCUT2D eigenvalue weighted by Gasteiger charge is -2.19. The Morgan fingerprint density at radius 1 is 0.341 bits per heavy atom. The van der Waals surface area contributed by atoms with Crippen LogP contribution >= 0.6 is 7.82 Å². The topological polar surface area (TPSA) is 134 Å². The van der Waals surface area contributed by atoms with Crippen molar-refractivity contribution in [1.82, 2.24) is 0 Å². The molecule has 0 radical (unpaired) electrons. The molecule has 3 N–H and O–H groups in total. The fourth-order valence-electron chi connectivity index (χ4n) is 12.0. The Labute approximate surface area is 530 Å². The summed E-state index contributed by atoms with van der Waals surface area (Å²) in [5, 5.41) is 0. The highest BCUT2D eigenvalue weighted by molar-refractivity contribution is 7.47. The van der Waals surface area contributed by atoms with E-state index in [2.05, 4.69) is 26.0 Å². The molecule has 9 nitrogen and oxygen atoms in total. The van der Waals surface area contributed by atoms with Crippen molar-refractivity contribution in [2.45, 2.75) is 431 Å². The van der Waals surface area contributed by atoms with Crippen molar-refractivity contribution < 1.29 is 37.6 Å². The van der Waals surface area contributed by atoms with Crippen molar-refractivity contribution in [3.8, 4) is 0 Å². The van der Waals surface area contributed by atoms with Crippen LogP contribution in [0.15, 0.2) is 12.2 Å². The highest BCUT2D eigenvalue weighted by Crippen LogP contribution is 2.43. The lowest BCUT2D eigenvalue weighted by molar-refractivity contribution is -0.161. The van der Waals surface area contributed by atoms with Gasteiger partial charge in [-0.3, -0.25) is 18.6 Å². The van der Waals surface area contributed by atoms with Crippen molar-refractivity contribution in [2.75, 3.05) is 26.4 Å². The standard InChI is InChI=1S/C75H148NO8P/c1-3-5-7-9-11-13-15-17-19-21-23-25-27-28-29-30-31-32-33-34-35-36-37-38-39-40-41-42-43-44-46-48-50-52-54-56-58-60-62-64-66-68-75(78)84-73(72-83-85(79,80)82-70-69-76)71-81-74(77)67-65-63-61-59-57-55-53-51-49-47-45-26-24-22-20-18-16-14-12-10-8-6-4-2/h21,23,73H,3-20,22,24-72,76H2,1-2H3,(H,79,80)/b23-21-. The van der Waals surface area contributed by atoms with Gasteiger partial charge in [0.2, 0.25) is 0 Å². The van der Waals surface area contributed by atoms with E-state index in [4.69, 9.17) is 24.3 Å². The van der Waals surface area contributed by atoms with Crippen molar-refractivity contribution in [1.29, 1.82) is 0 Å². The van der Waals surface area contributed by atoms with Gasteiger partial charge in [0, 0.05) is 19.4 Å². The van der Waals surface area contributed by atoms with E-state index in [0.717, 1.165) is 32.1 Å². The predicted octanol–water partition coefficient (Wildman–Crippen LogP) is 25.1. The molecule has 10 heteroatoms. The second kappa shape index (κ2) is 71.8. The van der Waals surface area contributed by atoms with Gasteiger partial charge in [0.05, 0.1) is 13.2 Å². The summed E-state index contributed by atoms with van der Waals surface area (Å²) in [6.07, 6.45) is 87.8. The molecule has 0 bridgehead atoms. The van der Waals surface area contributed by atoms with Gasteiger partial charge >= 0.3 is 19.8 Å². The molecule has 0 spiro atoms. The number of nitrogens with two attached hydrogens (primary N) is 1. The SMILES string of the molecule is CCCCCCCCCC/C=C\CCCCCCCCCCCCCCCCCCCCCCCCCCCCCCCC(=O)OC(COC(=O)CCCCCCCCCCCCCCCCCCCCCCCCC)COP(=O)(O)OCCN. The first kappa shape index (κ1) is 83.8. The molecule has 0 fully saturated rings. The largest absolute Gasteiger partial charge is 0.472 e. The average Bonchev–Trinajstić information content (AvgIpc) is 3.52. The lowest BCUT2D eigenvalue weighted by atomic mass is 10.0. The molecular weight excluding hydrogens is 1070 g/mol. The molecule has 2 unspecified atom stereocenters. The number of allylic oxidation sites excluding steroid dienone is 2. The van der Waals surface area contributed by atoms with Gasteiger partial charge in [-0.25, -0.2) is 4.57 Å². The Morgan fingerprint density at radius 3 is 0.835 bits per heavy atom. The van der Waals surface area contributed by atoms with Gasteiger partial charge < -0.3 is 20.1 Å². The third kappa shape index (κ3) is 71.7. The highest BCUT2D eigenvalue weighted by Gasteiger charge is 2.26. The zero-order valence-corrected chi connectivity index (χ0v) is 58.0. The maximum atomic E-state index is 12.8. The van der Waals surface area contributed by atoms with E-state index in [1.807, 2.05) is 0 Å². The molecule has 0 heterocycles. The van der Waals surface area contributed by atoms with Crippen molar-refractivity contribution in [3.63, 3.8) is 0 Å². The summed E-state index contributed by atoms with van der Waals surface area (Å²) in [5.74, 6) is -0.798. The van der Waals surface area contributed by atoms with Crippen LogP contribution in [-0.4, -0.2) is 49.3 Å². The number of esters is 2. The van der Waals surface area contributed by atoms with Crippen LogP contribution in [0, 0.1) is 0 Å². The smallest absolute Gasteiger partial charge is 0.462 e. The Morgan fingerprint density at radius 2 is 0.576 bits per heavy atom. The van der Waals surface area contributed by atoms with Gasteiger partial charge in [-0.1, -0.05) is 386 Å². The monoisotopic (exact) mass is 1220 g/mol. The number of hydrogen-bond acceptors (Lipinski definition) is 8. The third-order valence-corrected chi connectivity index (χ3v) is 18.6. The van der Waals surface area contributed by atoms with Gasteiger partial charge in [0.1, 0.15) is 6.61 Å². The quantitative estimate of drug-likeness (QED) is 0.0264. The zero-order valence-electron chi connectivity index (χ0n) is 57.1. The highest BCUT2D eigenvalue weighted by atomic mass is 31.2. The van der Waals surface area contributed by atoms with Gasteiger partial charge in [-0.2, -0.15) is 0 Å². The minimum absolute atomic E-state index is 0.0583. The molecule has 0 aromatic rings. The molecule has 506 valence electrons. The predicted molar refractivity (Wildman–Crippen MR) is 368 cm³/mol. The summed E-state index contributed by atoms with van der Waals surface area (Å²) in [7, 11) is -4.39. The summed E-state index contributed by atoms with van der Waals surface area (Å²) in [6, 6.07) is 0. The van der Waals surface area contributed by atoms with Gasteiger partial charge in [0.15, 0.2) is 6.10 Å².